The molecule has 1 N–H and O–H groups in total. The predicted molar refractivity (Wildman–Crippen MR) is 87.4 cm³/mol. The number of nitrogens with one attached hydrogen (secondary N) is 1. The van der Waals surface area contributed by atoms with Crippen molar-refractivity contribution < 1.29 is 0 Å². The number of hydrogen-bond acceptors (Lipinski definition) is 3. The van der Waals surface area contributed by atoms with Gasteiger partial charge in [0.05, 0.1) is 6.04 Å². The highest BCUT2D eigenvalue weighted by Gasteiger charge is 2.17. The number of aryl methyl sites for hydroxylation is 1. The van der Waals surface area contributed by atoms with E-state index in [4.69, 9.17) is 0 Å². The lowest BCUT2D eigenvalue weighted by Crippen LogP contribution is -2.22. The number of rotatable bonds is 6. The Kier molecular flexibility index (Phi) is 5.49. The summed E-state index contributed by atoms with van der Waals surface area (Å²) in [4.78, 5) is 4.15. The van der Waals surface area contributed by atoms with Crippen LogP contribution in [-0.2, 0) is 0 Å². The Morgan fingerprint density at radius 3 is 2.63 bits per heavy atom. The molecular formula is C16H21NS2. The molecule has 1 nitrogen and oxygen atoms in total. The quantitative estimate of drug-likeness (QED) is 0.762. The molecule has 1 heterocycles. The van der Waals surface area contributed by atoms with E-state index in [2.05, 4.69) is 61.8 Å². The molecule has 0 saturated carbocycles. The third-order valence-electron chi connectivity index (χ3n) is 3.09. The van der Waals surface area contributed by atoms with Crippen molar-refractivity contribution in [2.24, 2.45) is 0 Å². The molecule has 0 saturated heterocycles. The Morgan fingerprint density at radius 2 is 2.00 bits per heavy atom. The van der Waals surface area contributed by atoms with Gasteiger partial charge in [0.2, 0.25) is 0 Å². The summed E-state index contributed by atoms with van der Waals surface area (Å²) in [5, 5.41) is 3.69. The SMILES string of the molecule is CCCNC(c1ccc(C)s1)c1ccccc1SC. The first kappa shape index (κ1) is 14.6. The molecule has 0 bridgehead atoms. The molecule has 1 aromatic carbocycles. The highest BCUT2D eigenvalue weighted by Crippen LogP contribution is 2.33. The Hall–Kier alpha value is -0.770. The molecule has 2 rings (SSSR count). The largest absolute Gasteiger partial charge is 0.306 e. The van der Waals surface area contributed by atoms with Crippen LogP contribution in [0.25, 0.3) is 0 Å². The Labute approximate surface area is 124 Å². The minimum Gasteiger partial charge on any atom is -0.306 e. The summed E-state index contributed by atoms with van der Waals surface area (Å²) in [7, 11) is 0. The van der Waals surface area contributed by atoms with Gasteiger partial charge in [0.25, 0.3) is 0 Å². The second-order valence-electron chi connectivity index (χ2n) is 4.58. The first-order valence-electron chi connectivity index (χ1n) is 6.69. The van der Waals surface area contributed by atoms with E-state index in [1.165, 1.54) is 20.2 Å². The second kappa shape index (κ2) is 7.13. The van der Waals surface area contributed by atoms with E-state index in [1.54, 1.807) is 0 Å². The summed E-state index contributed by atoms with van der Waals surface area (Å²) in [6, 6.07) is 13.5. The van der Waals surface area contributed by atoms with Crippen LogP contribution in [0.15, 0.2) is 41.3 Å². The lowest BCUT2D eigenvalue weighted by molar-refractivity contribution is 0.599. The molecule has 19 heavy (non-hydrogen) atoms. The van der Waals surface area contributed by atoms with Crippen molar-refractivity contribution in [3.63, 3.8) is 0 Å². The first-order chi connectivity index (χ1) is 9.26. The maximum atomic E-state index is 3.69. The molecule has 1 atom stereocenters. The van der Waals surface area contributed by atoms with E-state index < -0.39 is 0 Å². The van der Waals surface area contributed by atoms with Crippen LogP contribution in [-0.4, -0.2) is 12.8 Å². The smallest absolute Gasteiger partial charge is 0.0682 e. The van der Waals surface area contributed by atoms with Crippen LogP contribution in [0.4, 0.5) is 0 Å². The van der Waals surface area contributed by atoms with Gasteiger partial charge in [-0.05, 0) is 49.9 Å². The number of thioether (sulfide) groups is 1. The fraction of sp³-hybridized carbons (Fsp3) is 0.375. The van der Waals surface area contributed by atoms with Crippen LogP contribution < -0.4 is 5.32 Å². The van der Waals surface area contributed by atoms with Gasteiger partial charge in [0, 0.05) is 14.6 Å². The van der Waals surface area contributed by atoms with Crippen LogP contribution in [0.1, 0.15) is 34.7 Å². The molecule has 1 unspecified atom stereocenters. The van der Waals surface area contributed by atoms with E-state index >= 15 is 0 Å². The van der Waals surface area contributed by atoms with Crippen molar-refractivity contribution in [1.29, 1.82) is 0 Å². The van der Waals surface area contributed by atoms with Gasteiger partial charge in [-0.2, -0.15) is 0 Å². The molecule has 0 amide bonds. The van der Waals surface area contributed by atoms with Gasteiger partial charge in [-0.25, -0.2) is 0 Å². The zero-order valence-electron chi connectivity index (χ0n) is 11.8. The molecule has 102 valence electrons. The minimum atomic E-state index is 0.322. The van der Waals surface area contributed by atoms with E-state index in [1.807, 2.05) is 23.1 Å². The van der Waals surface area contributed by atoms with Crippen molar-refractivity contribution in [2.75, 3.05) is 12.8 Å². The van der Waals surface area contributed by atoms with Gasteiger partial charge >= 0.3 is 0 Å². The second-order valence-corrected chi connectivity index (χ2v) is 6.75. The van der Waals surface area contributed by atoms with Crippen molar-refractivity contribution in [3.8, 4) is 0 Å². The monoisotopic (exact) mass is 291 g/mol. The molecule has 2 aromatic rings. The van der Waals surface area contributed by atoms with E-state index in [9.17, 15) is 0 Å². The minimum absolute atomic E-state index is 0.322. The molecule has 0 spiro atoms. The molecule has 0 aliphatic rings. The Bertz CT molecular complexity index is 519. The maximum Gasteiger partial charge on any atom is 0.0682 e. The summed E-state index contributed by atoms with van der Waals surface area (Å²) in [6.45, 7) is 5.43. The summed E-state index contributed by atoms with van der Waals surface area (Å²) in [5.74, 6) is 0. The van der Waals surface area contributed by atoms with E-state index in [0.717, 1.165) is 13.0 Å². The first-order valence-corrected chi connectivity index (χ1v) is 8.73. The molecule has 0 radical (unpaired) electrons. The number of hydrogen-bond donors (Lipinski definition) is 1. The van der Waals surface area contributed by atoms with Gasteiger partial charge in [-0.1, -0.05) is 25.1 Å². The van der Waals surface area contributed by atoms with Crippen molar-refractivity contribution in [3.05, 3.63) is 51.7 Å². The van der Waals surface area contributed by atoms with Crippen LogP contribution in [0.5, 0.6) is 0 Å². The van der Waals surface area contributed by atoms with Gasteiger partial charge in [-0.15, -0.1) is 23.1 Å². The number of thiophene rings is 1. The topological polar surface area (TPSA) is 12.0 Å². The van der Waals surface area contributed by atoms with Gasteiger partial charge in [0.15, 0.2) is 0 Å². The van der Waals surface area contributed by atoms with Crippen molar-refractivity contribution in [2.45, 2.75) is 31.2 Å². The molecule has 0 aliphatic heterocycles. The molecule has 0 fully saturated rings. The van der Waals surface area contributed by atoms with Crippen LogP contribution in [0.2, 0.25) is 0 Å². The average Bonchev–Trinajstić information content (AvgIpc) is 2.86. The van der Waals surface area contributed by atoms with E-state index in [-0.39, 0.29) is 0 Å². The normalized spacial score (nSPS) is 12.6. The molecular weight excluding hydrogens is 270 g/mol. The third kappa shape index (κ3) is 3.62. The summed E-state index contributed by atoms with van der Waals surface area (Å²) in [6.07, 6.45) is 3.30. The fourth-order valence-electron chi connectivity index (χ4n) is 2.17. The van der Waals surface area contributed by atoms with E-state index in [0.29, 0.717) is 6.04 Å². The van der Waals surface area contributed by atoms with Gasteiger partial charge < -0.3 is 5.32 Å². The molecule has 0 aliphatic carbocycles. The van der Waals surface area contributed by atoms with Crippen molar-refractivity contribution >= 4 is 23.1 Å². The Morgan fingerprint density at radius 1 is 1.21 bits per heavy atom. The zero-order valence-corrected chi connectivity index (χ0v) is 13.4. The highest BCUT2D eigenvalue weighted by atomic mass is 32.2. The average molecular weight is 291 g/mol. The van der Waals surface area contributed by atoms with Crippen LogP contribution in [0.3, 0.4) is 0 Å². The van der Waals surface area contributed by atoms with Crippen LogP contribution >= 0.6 is 23.1 Å². The van der Waals surface area contributed by atoms with Gasteiger partial charge in [-0.3, -0.25) is 0 Å². The van der Waals surface area contributed by atoms with Crippen molar-refractivity contribution in [1.82, 2.24) is 5.32 Å². The summed E-state index contributed by atoms with van der Waals surface area (Å²) in [5.41, 5.74) is 1.39. The lowest BCUT2D eigenvalue weighted by Gasteiger charge is -2.20. The Balaban J connectivity index is 2.36. The third-order valence-corrected chi connectivity index (χ3v) is 4.97. The number of benzene rings is 1. The zero-order chi connectivity index (χ0) is 13.7. The standard InChI is InChI=1S/C16H21NS2/c1-4-11-17-16(15-10-9-12(2)19-15)13-7-5-6-8-14(13)18-3/h5-10,16-17H,4,11H2,1-3H3. The maximum absolute atomic E-state index is 3.69. The molecule has 3 heteroatoms. The molecule has 1 aromatic heterocycles. The summed E-state index contributed by atoms with van der Waals surface area (Å²) < 4.78 is 0. The van der Waals surface area contributed by atoms with Gasteiger partial charge in [0.1, 0.15) is 0 Å². The fourth-order valence-corrected chi connectivity index (χ4v) is 3.77. The highest BCUT2D eigenvalue weighted by molar-refractivity contribution is 7.98. The van der Waals surface area contributed by atoms with Crippen LogP contribution in [0, 0.1) is 6.92 Å². The summed E-state index contributed by atoms with van der Waals surface area (Å²) >= 11 is 3.71. The lowest BCUT2D eigenvalue weighted by atomic mass is 10.1. The predicted octanol–water partition coefficient (Wildman–Crippen LogP) is 4.87.